The van der Waals surface area contributed by atoms with Gasteiger partial charge in [-0.1, -0.05) is 55.5 Å². The van der Waals surface area contributed by atoms with E-state index < -0.39 is 0 Å². The van der Waals surface area contributed by atoms with E-state index in [0.29, 0.717) is 23.4 Å². The van der Waals surface area contributed by atoms with Gasteiger partial charge in [-0.25, -0.2) is 4.98 Å². The van der Waals surface area contributed by atoms with E-state index in [4.69, 9.17) is 5.73 Å². The molecular weight excluding hydrogens is 288 g/mol. The van der Waals surface area contributed by atoms with Crippen molar-refractivity contribution in [3.63, 3.8) is 0 Å². The normalized spacial score (nSPS) is 10.5. The predicted molar refractivity (Wildman–Crippen MR) is 89.7 cm³/mol. The topological polar surface area (TPSA) is 81.8 Å². The minimum atomic E-state index is 0.0875. The van der Waals surface area contributed by atoms with Crippen molar-refractivity contribution >= 4 is 11.7 Å². The van der Waals surface area contributed by atoms with Gasteiger partial charge in [0.1, 0.15) is 11.4 Å². The van der Waals surface area contributed by atoms with Gasteiger partial charge in [-0.15, -0.1) is 10.2 Å². The number of hydrogen-bond donors (Lipinski definition) is 1. The average molecular weight is 304 g/mol. The molecule has 2 aromatic carbocycles. The molecule has 5 heteroatoms. The number of carbonyl (C=O) groups is 1. The van der Waals surface area contributed by atoms with Gasteiger partial charge in [0.15, 0.2) is 5.78 Å². The van der Waals surface area contributed by atoms with Crippen LogP contribution in [0.2, 0.25) is 0 Å². The van der Waals surface area contributed by atoms with Crippen molar-refractivity contribution in [3.05, 3.63) is 60.2 Å². The fourth-order valence-electron chi connectivity index (χ4n) is 2.37. The second-order valence-corrected chi connectivity index (χ2v) is 5.09. The van der Waals surface area contributed by atoms with Crippen LogP contribution in [0.25, 0.3) is 22.5 Å². The quantitative estimate of drug-likeness (QED) is 0.747. The molecule has 0 fully saturated rings. The number of nitrogens with two attached hydrogens (primary N) is 1. The predicted octanol–water partition coefficient (Wildman–Crippen LogP) is 3.38. The number of aromatic nitrogens is 3. The number of carbonyl (C=O) groups excluding carboxylic acids is 1. The number of nitrogen functional groups attached to an aromatic ring is 1. The highest BCUT2D eigenvalue weighted by atomic mass is 16.1. The lowest BCUT2D eigenvalue weighted by Crippen LogP contribution is -2.03. The zero-order chi connectivity index (χ0) is 16.2. The van der Waals surface area contributed by atoms with E-state index in [9.17, 15) is 4.79 Å². The van der Waals surface area contributed by atoms with E-state index in [2.05, 4.69) is 15.2 Å². The highest BCUT2D eigenvalue weighted by Gasteiger charge is 2.14. The van der Waals surface area contributed by atoms with Crippen molar-refractivity contribution in [3.8, 4) is 22.5 Å². The van der Waals surface area contributed by atoms with Crippen molar-refractivity contribution < 1.29 is 4.79 Å². The Balaban J connectivity index is 2.16. The number of Topliss-reactive ketones (excluding diaryl/α,β-unsaturated/α-hetero) is 1. The van der Waals surface area contributed by atoms with Gasteiger partial charge in [0.25, 0.3) is 0 Å². The van der Waals surface area contributed by atoms with Crippen LogP contribution < -0.4 is 5.73 Å². The molecule has 1 aromatic heterocycles. The third-order valence-corrected chi connectivity index (χ3v) is 3.53. The third kappa shape index (κ3) is 3.08. The van der Waals surface area contributed by atoms with E-state index in [1.807, 2.05) is 55.5 Å². The lowest BCUT2D eigenvalue weighted by Gasteiger charge is -2.09. The maximum absolute atomic E-state index is 11.9. The molecule has 3 aromatic rings. The van der Waals surface area contributed by atoms with Crippen molar-refractivity contribution in [2.75, 3.05) is 5.73 Å². The summed E-state index contributed by atoms with van der Waals surface area (Å²) in [5.74, 6) is 0.206. The first-order valence-electron chi connectivity index (χ1n) is 7.38. The van der Waals surface area contributed by atoms with Crippen LogP contribution in [0.5, 0.6) is 0 Å². The Kier molecular flexibility index (Phi) is 4.10. The second kappa shape index (κ2) is 6.36. The summed E-state index contributed by atoms with van der Waals surface area (Å²) in [5, 5.41) is 8.07. The molecule has 0 saturated carbocycles. The van der Waals surface area contributed by atoms with Crippen LogP contribution in [0.4, 0.5) is 5.95 Å². The minimum absolute atomic E-state index is 0.0875. The number of ketones is 1. The number of nitrogens with zero attached hydrogens (tertiary/aromatic N) is 3. The fourth-order valence-corrected chi connectivity index (χ4v) is 2.37. The Bertz CT molecular complexity index is 847. The Labute approximate surface area is 134 Å². The van der Waals surface area contributed by atoms with Crippen molar-refractivity contribution in [1.29, 1.82) is 0 Å². The lowest BCUT2D eigenvalue weighted by atomic mass is 10.0. The molecule has 0 atom stereocenters. The molecule has 0 amide bonds. The van der Waals surface area contributed by atoms with Crippen LogP contribution >= 0.6 is 0 Å². The zero-order valence-electron chi connectivity index (χ0n) is 12.7. The molecule has 0 aliphatic rings. The largest absolute Gasteiger partial charge is 0.366 e. The SMILES string of the molecule is CCC(=O)c1cccc(-c2nnc(N)nc2-c2ccccc2)c1. The van der Waals surface area contributed by atoms with Gasteiger partial charge >= 0.3 is 0 Å². The second-order valence-electron chi connectivity index (χ2n) is 5.09. The first kappa shape index (κ1) is 14.8. The van der Waals surface area contributed by atoms with E-state index in [1.165, 1.54) is 0 Å². The van der Waals surface area contributed by atoms with E-state index in [1.54, 1.807) is 6.07 Å². The van der Waals surface area contributed by atoms with Gasteiger partial charge in [-0.3, -0.25) is 4.79 Å². The van der Waals surface area contributed by atoms with Crippen molar-refractivity contribution in [2.24, 2.45) is 0 Å². The number of anilines is 1. The monoisotopic (exact) mass is 304 g/mol. The Morgan fingerprint density at radius 1 is 0.957 bits per heavy atom. The van der Waals surface area contributed by atoms with Crippen LogP contribution in [0, 0.1) is 0 Å². The molecule has 0 radical (unpaired) electrons. The summed E-state index contributed by atoms with van der Waals surface area (Å²) in [5.41, 5.74) is 9.31. The molecule has 114 valence electrons. The van der Waals surface area contributed by atoms with E-state index in [0.717, 1.165) is 11.1 Å². The first-order chi connectivity index (χ1) is 11.2. The Morgan fingerprint density at radius 2 is 1.70 bits per heavy atom. The van der Waals surface area contributed by atoms with Crippen LogP contribution in [0.3, 0.4) is 0 Å². The van der Waals surface area contributed by atoms with Gasteiger partial charge in [-0.2, -0.15) is 0 Å². The summed E-state index contributed by atoms with van der Waals surface area (Å²) in [4.78, 5) is 16.3. The highest BCUT2D eigenvalue weighted by molar-refractivity contribution is 5.97. The lowest BCUT2D eigenvalue weighted by molar-refractivity contribution is 0.0988. The summed E-state index contributed by atoms with van der Waals surface area (Å²) in [6.07, 6.45) is 0.459. The minimum Gasteiger partial charge on any atom is -0.366 e. The van der Waals surface area contributed by atoms with Crippen LogP contribution in [0.1, 0.15) is 23.7 Å². The van der Waals surface area contributed by atoms with Crippen LogP contribution in [-0.4, -0.2) is 21.0 Å². The number of hydrogen-bond acceptors (Lipinski definition) is 5. The van der Waals surface area contributed by atoms with Gasteiger partial charge in [0.05, 0.1) is 0 Å². The molecule has 3 rings (SSSR count). The van der Waals surface area contributed by atoms with E-state index >= 15 is 0 Å². The maximum atomic E-state index is 11.9. The molecule has 5 nitrogen and oxygen atoms in total. The molecule has 1 heterocycles. The third-order valence-electron chi connectivity index (χ3n) is 3.53. The summed E-state index contributed by atoms with van der Waals surface area (Å²) in [6, 6.07) is 17.0. The molecule has 0 saturated heterocycles. The Morgan fingerprint density at radius 3 is 2.43 bits per heavy atom. The van der Waals surface area contributed by atoms with Crippen LogP contribution in [-0.2, 0) is 0 Å². The molecule has 0 unspecified atom stereocenters. The maximum Gasteiger partial charge on any atom is 0.240 e. The van der Waals surface area contributed by atoms with Crippen molar-refractivity contribution in [1.82, 2.24) is 15.2 Å². The van der Waals surface area contributed by atoms with Gasteiger partial charge in [-0.05, 0) is 6.07 Å². The average Bonchev–Trinajstić information content (AvgIpc) is 2.62. The summed E-state index contributed by atoms with van der Waals surface area (Å²) < 4.78 is 0. The summed E-state index contributed by atoms with van der Waals surface area (Å²) in [7, 11) is 0. The molecule has 23 heavy (non-hydrogen) atoms. The molecule has 0 aliphatic carbocycles. The number of benzene rings is 2. The van der Waals surface area contributed by atoms with E-state index in [-0.39, 0.29) is 11.7 Å². The number of rotatable bonds is 4. The molecular formula is C18H16N4O. The highest BCUT2D eigenvalue weighted by Crippen LogP contribution is 2.29. The summed E-state index contributed by atoms with van der Waals surface area (Å²) in [6.45, 7) is 1.84. The fraction of sp³-hybridized carbons (Fsp3) is 0.111. The molecule has 2 N–H and O–H groups in total. The summed E-state index contributed by atoms with van der Waals surface area (Å²) >= 11 is 0. The van der Waals surface area contributed by atoms with Crippen LogP contribution in [0.15, 0.2) is 54.6 Å². The molecule has 0 bridgehead atoms. The first-order valence-corrected chi connectivity index (χ1v) is 7.38. The molecule has 0 spiro atoms. The zero-order valence-corrected chi connectivity index (χ0v) is 12.7. The van der Waals surface area contributed by atoms with Crippen molar-refractivity contribution in [2.45, 2.75) is 13.3 Å². The van der Waals surface area contributed by atoms with Gasteiger partial charge < -0.3 is 5.73 Å². The standard InChI is InChI=1S/C18H16N4O/c1-2-15(23)13-9-6-10-14(11-13)17-16(20-18(19)22-21-17)12-7-4-3-5-8-12/h3-11H,2H2,1H3,(H2,19,20,22). The Hall–Kier alpha value is -3.08. The van der Waals surface area contributed by atoms with Gasteiger partial charge in [0.2, 0.25) is 5.95 Å². The van der Waals surface area contributed by atoms with Gasteiger partial charge in [0, 0.05) is 23.1 Å². The smallest absolute Gasteiger partial charge is 0.240 e. The molecule has 0 aliphatic heterocycles.